The second-order valence-electron chi connectivity index (χ2n) is 4.42. The Morgan fingerprint density at radius 3 is 2.81 bits per heavy atom. The zero-order valence-corrected chi connectivity index (χ0v) is 13.1. The van der Waals surface area contributed by atoms with Gasteiger partial charge in [-0.1, -0.05) is 11.8 Å². The predicted octanol–water partition coefficient (Wildman–Crippen LogP) is 2.29. The van der Waals surface area contributed by atoms with Crippen molar-refractivity contribution >= 4 is 40.3 Å². The highest BCUT2D eigenvalue weighted by Crippen LogP contribution is 2.37. The number of aromatic nitrogens is 5. The first kappa shape index (κ1) is 14.0. The van der Waals surface area contributed by atoms with E-state index >= 15 is 0 Å². The summed E-state index contributed by atoms with van der Waals surface area (Å²) in [4.78, 5) is 20.6. The van der Waals surface area contributed by atoms with Gasteiger partial charge in [0, 0.05) is 18.1 Å². The Morgan fingerprint density at radius 2 is 2.19 bits per heavy atom. The maximum atomic E-state index is 11.5. The van der Waals surface area contributed by atoms with Crippen molar-refractivity contribution in [3.8, 4) is 0 Å². The molecule has 1 N–H and O–H groups in total. The van der Waals surface area contributed by atoms with Crippen molar-refractivity contribution in [3.63, 3.8) is 0 Å². The van der Waals surface area contributed by atoms with Gasteiger partial charge >= 0.3 is 5.97 Å². The Balaban J connectivity index is 2.25. The summed E-state index contributed by atoms with van der Waals surface area (Å²) >= 11 is 2.54. The van der Waals surface area contributed by atoms with Gasteiger partial charge in [-0.25, -0.2) is 14.8 Å². The van der Waals surface area contributed by atoms with Crippen molar-refractivity contribution in [1.82, 2.24) is 24.1 Å². The molecule has 0 fully saturated rings. The lowest BCUT2D eigenvalue weighted by molar-refractivity contribution is 0.0693. The summed E-state index contributed by atoms with van der Waals surface area (Å²) in [5, 5.41) is 14.5. The van der Waals surface area contributed by atoms with Gasteiger partial charge in [-0.3, -0.25) is 4.68 Å². The molecular formula is C12H11N5O2S2. The van der Waals surface area contributed by atoms with Gasteiger partial charge in [-0.05, 0) is 25.4 Å². The number of fused-ring (bicyclic) bond motifs is 1. The third kappa shape index (κ3) is 2.38. The molecule has 0 saturated heterocycles. The van der Waals surface area contributed by atoms with E-state index in [0.717, 1.165) is 11.1 Å². The molecule has 3 aromatic heterocycles. The summed E-state index contributed by atoms with van der Waals surface area (Å²) < 4.78 is 6.47. The molecule has 0 aromatic carbocycles. The van der Waals surface area contributed by atoms with Gasteiger partial charge in [-0.2, -0.15) is 9.47 Å². The van der Waals surface area contributed by atoms with E-state index in [9.17, 15) is 9.90 Å². The van der Waals surface area contributed by atoms with Gasteiger partial charge < -0.3 is 5.11 Å². The Kier molecular flexibility index (Phi) is 3.38. The van der Waals surface area contributed by atoms with Crippen molar-refractivity contribution in [2.45, 2.75) is 23.1 Å². The van der Waals surface area contributed by atoms with Crippen molar-refractivity contribution < 1.29 is 9.90 Å². The molecule has 0 aliphatic rings. The van der Waals surface area contributed by atoms with E-state index in [1.165, 1.54) is 29.5 Å². The maximum absolute atomic E-state index is 11.5. The van der Waals surface area contributed by atoms with E-state index in [2.05, 4.69) is 19.4 Å². The third-order valence-electron chi connectivity index (χ3n) is 2.91. The van der Waals surface area contributed by atoms with Gasteiger partial charge in [0.15, 0.2) is 9.99 Å². The summed E-state index contributed by atoms with van der Waals surface area (Å²) in [6.07, 6.45) is 1.36. The Labute approximate surface area is 128 Å². The number of aryl methyl sites for hydroxylation is 3. The molecule has 0 amide bonds. The topological polar surface area (TPSA) is 93.8 Å². The van der Waals surface area contributed by atoms with Crippen LogP contribution >= 0.6 is 23.3 Å². The monoisotopic (exact) mass is 321 g/mol. The van der Waals surface area contributed by atoms with E-state index in [1.807, 2.05) is 6.92 Å². The van der Waals surface area contributed by atoms with Crippen LogP contribution in [0.15, 0.2) is 15.4 Å². The van der Waals surface area contributed by atoms with E-state index in [4.69, 9.17) is 0 Å². The third-order valence-corrected chi connectivity index (χ3v) is 4.88. The SMILES string of the molecule is Cc1nsc(Sc2c(C(=O)O)cnc3c2c(C)nn3C)n1. The van der Waals surface area contributed by atoms with E-state index < -0.39 is 5.97 Å². The average Bonchev–Trinajstić information content (AvgIpc) is 2.94. The van der Waals surface area contributed by atoms with Crippen molar-refractivity contribution in [2.75, 3.05) is 0 Å². The van der Waals surface area contributed by atoms with Gasteiger partial charge in [-0.15, -0.1) is 0 Å². The molecule has 3 heterocycles. The first-order valence-electron chi connectivity index (χ1n) is 6.01. The fourth-order valence-electron chi connectivity index (χ4n) is 2.04. The summed E-state index contributed by atoms with van der Waals surface area (Å²) in [5.41, 5.74) is 1.55. The lowest BCUT2D eigenvalue weighted by atomic mass is 10.2. The summed E-state index contributed by atoms with van der Waals surface area (Å²) in [6.45, 7) is 3.64. The van der Waals surface area contributed by atoms with Gasteiger partial charge in [0.1, 0.15) is 5.82 Å². The molecule has 0 radical (unpaired) electrons. The van der Waals surface area contributed by atoms with Crippen LogP contribution < -0.4 is 0 Å². The van der Waals surface area contributed by atoms with Crippen LogP contribution in [0.25, 0.3) is 11.0 Å². The predicted molar refractivity (Wildman–Crippen MR) is 79.0 cm³/mol. The number of rotatable bonds is 3. The van der Waals surface area contributed by atoms with Crippen LogP contribution in [-0.2, 0) is 7.05 Å². The Bertz CT molecular complexity index is 855. The van der Waals surface area contributed by atoms with Gasteiger partial charge in [0.05, 0.1) is 16.6 Å². The second kappa shape index (κ2) is 5.08. The quantitative estimate of drug-likeness (QED) is 0.791. The molecule has 0 unspecified atom stereocenters. The number of hydrogen-bond acceptors (Lipinski definition) is 7. The number of pyridine rings is 1. The largest absolute Gasteiger partial charge is 0.478 e. The van der Waals surface area contributed by atoms with Crippen molar-refractivity contribution in [1.29, 1.82) is 0 Å². The highest BCUT2D eigenvalue weighted by Gasteiger charge is 2.21. The standard InChI is InChI=1S/C12H11N5O2S2/c1-5-8-9(20-12-14-6(2)16-21-12)7(11(18)19)4-13-10(8)17(3)15-5/h4H,1-3H3,(H,18,19). The molecule has 0 bridgehead atoms. The number of carbonyl (C=O) groups is 1. The van der Waals surface area contributed by atoms with Crippen molar-refractivity contribution in [3.05, 3.63) is 23.3 Å². The maximum Gasteiger partial charge on any atom is 0.338 e. The molecule has 0 saturated carbocycles. The van der Waals surface area contributed by atoms with Gasteiger partial charge in [0.25, 0.3) is 0 Å². The zero-order valence-electron chi connectivity index (χ0n) is 11.5. The first-order valence-corrected chi connectivity index (χ1v) is 7.60. The summed E-state index contributed by atoms with van der Waals surface area (Å²) in [6, 6.07) is 0. The summed E-state index contributed by atoms with van der Waals surface area (Å²) in [7, 11) is 1.78. The molecule has 3 rings (SSSR count). The number of carboxylic acid groups (broad SMARTS) is 1. The number of hydrogen-bond donors (Lipinski definition) is 1. The Morgan fingerprint density at radius 1 is 1.43 bits per heavy atom. The highest BCUT2D eigenvalue weighted by atomic mass is 32.2. The lowest BCUT2D eigenvalue weighted by Crippen LogP contribution is -2.01. The molecule has 0 aliphatic heterocycles. The average molecular weight is 321 g/mol. The van der Waals surface area contributed by atoms with Crippen LogP contribution in [-0.4, -0.2) is 35.2 Å². The minimum absolute atomic E-state index is 0.149. The second-order valence-corrected chi connectivity index (χ2v) is 6.43. The molecule has 3 aromatic rings. The van der Waals surface area contributed by atoms with Crippen LogP contribution in [0.1, 0.15) is 21.9 Å². The minimum atomic E-state index is -1.02. The fourth-order valence-corrected chi connectivity index (χ4v) is 3.92. The van der Waals surface area contributed by atoms with E-state index in [0.29, 0.717) is 20.7 Å². The lowest BCUT2D eigenvalue weighted by Gasteiger charge is -2.05. The van der Waals surface area contributed by atoms with E-state index in [-0.39, 0.29) is 5.56 Å². The summed E-state index contributed by atoms with van der Waals surface area (Å²) in [5.74, 6) is -0.344. The van der Waals surface area contributed by atoms with Crippen LogP contribution in [0.4, 0.5) is 0 Å². The van der Waals surface area contributed by atoms with Crippen LogP contribution in [0, 0.1) is 13.8 Å². The number of carboxylic acids is 1. The normalized spacial score (nSPS) is 11.2. The van der Waals surface area contributed by atoms with Crippen LogP contribution in [0.2, 0.25) is 0 Å². The smallest absolute Gasteiger partial charge is 0.338 e. The van der Waals surface area contributed by atoms with Gasteiger partial charge in [0.2, 0.25) is 0 Å². The van der Waals surface area contributed by atoms with Crippen molar-refractivity contribution in [2.24, 2.45) is 7.05 Å². The number of nitrogens with zero attached hydrogens (tertiary/aromatic N) is 5. The molecule has 0 spiro atoms. The van der Waals surface area contributed by atoms with Crippen LogP contribution in [0.3, 0.4) is 0 Å². The Hall–Kier alpha value is -2.00. The molecule has 0 atom stereocenters. The van der Waals surface area contributed by atoms with Crippen LogP contribution in [0.5, 0.6) is 0 Å². The molecule has 21 heavy (non-hydrogen) atoms. The van der Waals surface area contributed by atoms with E-state index in [1.54, 1.807) is 18.7 Å². The highest BCUT2D eigenvalue weighted by molar-refractivity contribution is 8.01. The number of aromatic carboxylic acids is 1. The molecule has 7 nitrogen and oxygen atoms in total. The molecule has 108 valence electrons. The molecule has 9 heteroatoms. The minimum Gasteiger partial charge on any atom is -0.478 e. The molecule has 0 aliphatic carbocycles. The zero-order chi connectivity index (χ0) is 15.1. The molecular weight excluding hydrogens is 310 g/mol. The fraction of sp³-hybridized carbons (Fsp3) is 0.250. The first-order chi connectivity index (χ1) is 9.97.